The number of aryl methyl sites for hydroxylation is 1. The van der Waals surface area contributed by atoms with E-state index in [2.05, 4.69) is 53.4 Å². The van der Waals surface area contributed by atoms with Gasteiger partial charge in [0.05, 0.1) is 41.0 Å². The lowest BCUT2D eigenvalue weighted by atomic mass is 9.85. The molecular formula is C54H57Cl2N5O7. The first-order chi connectivity index (χ1) is 32.7. The summed E-state index contributed by atoms with van der Waals surface area (Å²) in [5, 5.41) is 52.9. The normalized spacial score (nSPS) is 12.2. The summed E-state index contributed by atoms with van der Waals surface area (Å²) in [5.41, 5.74) is 8.72. The van der Waals surface area contributed by atoms with E-state index in [-0.39, 0.29) is 46.2 Å². The molecule has 12 nitrogen and oxygen atoms in total. The van der Waals surface area contributed by atoms with Crippen molar-refractivity contribution in [1.29, 1.82) is 10.5 Å². The lowest BCUT2D eigenvalue weighted by Crippen LogP contribution is -2.44. The number of nitrogens with zero attached hydrogens (tertiary/aromatic N) is 4. The molecule has 0 bridgehead atoms. The van der Waals surface area contributed by atoms with Crippen molar-refractivity contribution in [2.24, 2.45) is 5.41 Å². The Hall–Kier alpha value is -6.22. The van der Waals surface area contributed by atoms with Crippen molar-refractivity contribution in [3.05, 3.63) is 163 Å². The summed E-state index contributed by atoms with van der Waals surface area (Å²) in [6.07, 6.45) is 7.96. The average Bonchev–Trinajstić information content (AvgIpc) is 3.36. The molecule has 4 N–H and O–H groups in total. The number of rotatable bonds is 23. The minimum absolute atomic E-state index is 0.0416. The van der Waals surface area contributed by atoms with Gasteiger partial charge >= 0.3 is 0 Å². The number of aliphatic hydroxyl groups excluding tert-OH is 3. The topological polar surface area (TPSA) is 183 Å². The first-order valence-corrected chi connectivity index (χ1v) is 23.1. The number of pyridine rings is 2. The van der Waals surface area contributed by atoms with Gasteiger partial charge in [0, 0.05) is 71.1 Å². The highest BCUT2D eigenvalue weighted by molar-refractivity contribution is 6.32. The van der Waals surface area contributed by atoms with E-state index in [9.17, 15) is 25.8 Å². The first-order valence-electron chi connectivity index (χ1n) is 22.3. The van der Waals surface area contributed by atoms with Gasteiger partial charge in [0.2, 0.25) is 0 Å². The third kappa shape index (κ3) is 13.1. The number of benzene rings is 4. The molecule has 0 fully saturated rings. The molecule has 2 aromatic heterocycles. The zero-order chi connectivity index (χ0) is 48.8. The zero-order valence-electron chi connectivity index (χ0n) is 39.0. The average molecular weight is 959 g/mol. The largest absolute Gasteiger partial charge is 0.488 e. The predicted molar refractivity (Wildman–Crippen MR) is 263 cm³/mol. The van der Waals surface area contributed by atoms with E-state index in [0.717, 1.165) is 55.6 Å². The molecule has 0 saturated carbocycles. The third-order valence-electron chi connectivity index (χ3n) is 12.4. The minimum atomic E-state index is -0.693. The fraction of sp³-hybridized carbons (Fsp3) is 0.333. The lowest BCUT2D eigenvalue weighted by Gasteiger charge is -2.28. The Bertz CT molecular complexity index is 2590. The van der Waals surface area contributed by atoms with Gasteiger partial charge in [0.25, 0.3) is 0 Å². The Morgan fingerprint density at radius 1 is 0.603 bits per heavy atom. The molecule has 0 aliphatic rings. The molecule has 6 aromatic rings. The van der Waals surface area contributed by atoms with Crippen LogP contribution in [0.1, 0.15) is 89.2 Å². The second kappa shape index (κ2) is 23.7. The van der Waals surface area contributed by atoms with Crippen molar-refractivity contribution < 1.29 is 34.3 Å². The first kappa shape index (κ1) is 51.2. The summed E-state index contributed by atoms with van der Waals surface area (Å²) in [5.74, 6) is 1.93. The number of nitriles is 2. The van der Waals surface area contributed by atoms with E-state index in [1.54, 1.807) is 42.7 Å². The molecule has 354 valence electrons. The van der Waals surface area contributed by atoms with Crippen molar-refractivity contribution in [2.45, 2.75) is 92.4 Å². The molecular weight excluding hydrogens is 902 g/mol. The van der Waals surface area contributed by atoms with Crippen LogP contribution in [0.4, 0.5) is 0 Å². The summed E-state index contributed by atoms with van der Waals surface area (Å²) in [6, 6.07) is 27.0. The van der Waals surface area contributed by atoms with Gasteiger partial charge in [0.15, 0.2) is 0 Å². The number of hydrogen-bond donors (Lipinski definition) is 4. The van der Waals surface area contributed by atoms with E-state index in [1.165, 1.54) is 12.4 Å². The molecule has 2 heterocycles. The van der Waals surface area contributed by atoms with Gasteiger partial charge in [-0.2, -0.15) is 10.5 Å². The Morgan fingerprint density at radius 3 is 1.53 bits per heavy atom. The van der Waals surface area contributed by atoms with Crippen LogP contribution < -0.4 is 24.3 Å². The number of hydrogen-bond acceptors (Lipinski definition) is 12. The van der Waals surface area contributed by atoms with Crippen LogP contribution in [-0.2, 0) is 39.4 Å². The van der Waals surface area contributed by atoms with Crippen LogP contribution in [0.25, 0.3) is 11.1 Å². The zero-order valence-corrected chi connectivity index (χ0v) is 40.5. The van der Waals surface area contributed by atoms with Crippen molar-refractivity contribution in [1.82, 2.24) is 15.3 Å². The predicted octanol–water partition coefficient (Wildman–Crippen LogP) is 10.3. The van der Waals surface area contributed by atoms with E-state index >= 15 is 0 Å². The number of halogens is 2. The summed E-state index contributed by atoms with van der Waals surface area (Å²) >= 11 is 13.7. The molecule has 0 aliphatic heterocycles. The van der Waals surface area contributed by atoms with Gasteiger partial charge in [0.1, 0.15) is 61.6 Å². The standard InChI is InChI=1S/C54H57Cl2N5O7/c1-6-54(5,34-64)61-27-44-18-48(56)52(20-50(44)66-29-40-16-38(22-58)24-60-26-40)68-31-43-10-8-12-46(36(43)3)45-11-7-9-42(35(45)2)30-67-51-19-49(65-28-39-15-37(21-57)23-59-25-39)41(17-47(51)55)13-14-53(4,32-62)33-63/h7-12,15-20,23-26,61-64H,6,13-14,27-34H2,1-5H3. The summed E-state index contributed by atoms with van der Waals surface area (Å²) < 4.78 is 25.5. The summed E-state index contributed by atoms with van der Waals surface area (Å²) in [7, 11) is 0. The molecule has 14 heteroatoms. The quantitative estimate of drug-likeness (QED) is 0.0478. The Morgan fingerprint density at radius 2 is 1.07 bits per heavy atom. The third-order valence-corrected chi connectivity index (χ3v) is 13.0. The van der Waals surface area contributed by atoms with Gasteiger partial charge in [-0.3, -0.25) is 9.97 Å². The lowest BCUT2D eigenvalue weighted by molar-refractivity contribution is 0.0629. The second-order valence-electron chi connectivity index (χ2n) is 17.6. The van der Waals surface area contributed by atoms with Crippen LogP contribution in [0.15, 0.2) is 97.6 Å². The molecule has 68 heavy (non-hydrogen) atoms. The maximum Gasteiger partial charge on any atom is 0.142 e. The van der Waals surface area contributed by atoms with Gasteiger partial charge in [-0.25, -0.2) is 0 Å². The van der Waals surface area contributed by atoms with Crippen LogP contribution in [0.3, 0.4) is 0 Å². The van der Waals surface area contributed by atoms with E-state index in [1.807, 2.05) is 51.1 Å². The molecule has 6 rings (SSSR count). The highest BCUT2D eigenvalue weighted by atomic mass is 35.5. The molecule has 0 aliphatic carbocycles. The molecule has 0 saturated heterocycles. The van der Waals surface area contributed by atoms with Gasteiger partial charge < -0.3 is 39.6 Å². The Kier molecular flexibility index (Phi) is 17.8. The van der Waals surface area contributed by atoms with Crippen LogP contribution in [-0.4, -0.2) is 50.6 Å². The highest BCUT2D eigenvalue weighted by Gasteiger charge is 2.25. The van der Waals surface area contributed by atoms with Crippen molar-refractivity contribution in [3.63, 3.8) is 0 Å². The van der Waals surface area contributed by atoms with E-state index in [0.29, 0.717) is 70.0 Å². The molecule has 1 atom stereocenters. The highest BCUT2D eigenvalue weighted by Crippen LogP contribution is 2.38. The van der Waals surface area contributed by atoms with Crippen molar-refractivity contribution in [2.75, 3.05) is 19.8 Å². The fourth-order valence-electron chi connectivity index (χ4n) is 7.37. The number of ether oxygens (including phenoxy) is 4. The maximum absolute atomic E-state index is 10.0. The van der Waals surface area contributed by atoms with Crippen LogP contribution in [0.5, 0.6) is 23.0 Å². The van der Waals surface area contributed by atoms with Gasteiger partial charge in [-0.05, 0) is 103 Å². The maximum atomic E-state index is 10.0. The summed E-state index contributed by atoms with van der Waals surface area (Å²) in [6.45, 7) is 10.6. The SMILES string of the molecule is CCC(C)(CO)NCc1cc(Cl)c(OCc2cccc(-c3cccc(COc4cc(OCc5cncc(C#N)c5)c(CCC(C)(CO)CO)cc4Cl)c3C)c2C)cc1OCc1cncc(C#N)c1. The Balaban J connectivity index is 1.21. The molecule has 1 unspecified atom stereocenters. The van der Waals surface area contributed by atoms with Crippen molar-refractivity contribution in [3.8, 4) is 46.3 Å². The number of nitrogens with one attached hydrogen (secondary N) is 1. The van der Waals surface area contributed by atoms with E-state index < -0.39 is 11.0 Å². The molecule has 0 radical (unpaired) electrons. The smallest absolute Gasteiger partial charge is 0.142 e. The number of aliphatic hydroxyl groups is 3. The van der Waals surface area contributed by atoms with Crippen LogP contribution in [0, 0.1) is 41.9 Å². The van der Waals surface area contributed by atoms with Gasteiger partial charge in [-0.15, -0.1) is 0 Å². The monoisotopic (exact) mass is 957 g/mol. The van der Waals surface area contributed by atoms with Gasteiger partial charge in [-0.1, -0.05) is 73.4 Å². The minimum Gasteiger partial charge on any atom is -0.488 e. The fourth-order valence-corrected chi connectivity index (χ4v) is 7.85. The van der Waals surface area contributed by atoms with Crippen LogP contribution in [0.2, 0.25) is 10.0 Å². The summed E-state index contributed by atoms with van der Waals surface area (Å²) in [4.78, 5) is 8.31. The Labute approximate surface area is 408 Å². The van der Waals surface area contributed by atoms with E-state index in [4.69, 9.17) is 42.1 Å². The second-order valence-corrected chi connectivity index (χ2v) is 18.4. The van der Waals surface area contributed by atoms with Crippen molar-refractivity contribution >= 4 is 23.2 Å². The van der Waals surface area contributed by atoms with Crippen LogP contribution >= 0.6 is 23.2 Å². The molecule has 0 spiro atoms. The molecule has 0 amide bonds. The molecule has 4 aromatic carbocycles. The number of aromatic nitrogens is 2.